The predicted molar refractivity (Wildman–Crippen MR) is 114 cm³/mol. The maximum absolute atomic E-state index is 11.9. The van der Waals surface area contributed by atoms with Gasteiger partial charge >= 0.3 is 5.97 Å². The van der Waals surface area contributed by atoms with Gasteiger partial charge in [-0.3, -0.25) is 19.3 Å². The van der Waals surface area contributed by atoms with Crippen molar-refractivity contribution < 1.29 is 23.9 Å². The summed E-state index contributed by atoms with van der Waals surface area (Å²) in [5, 5.41) is 0. The zero-order valence-corrected chi connectivity index (χ0v) is 16.6. The van der Waals surface area contributed by atoms with E-state index in [1.807, 2.05) is 24.3 Å². The minimum absolute atomic E-state index is 0.338. The zero-order chi connectivity index (χ0) is 21.9. The highest BCUT2D eigenvalue weighted by Crippen LogP contribution is 2.20. The van der Waals surface area contributed by atoms with Crippen LogP contribution < -0.4 is 9.64 Å². The summed E-state index contributed by atoms with van der Waals surface area (Å²) in [6.45, 7) is 2.62. The third-order valence-electron chi connectivity index (χ3n) is 3.88. The number of rotatable bonds is 4. The maximum atomic E-state index is 11.9. The molecule has 152 valence electrons. The quantitative estimate of drug-likeness (QED) is 0.368. The lowest BCUT2D eigenvalue weighted by Gasteiger charge is -2.17. The molecule has 0 bridgehead atoms. The number of anilines is 1. The summed E-state index contributed by atoms with van der Waals surface area (Å²) in [5.41, 5.74) is 1.60. The molecule has 3 aromatic carbocycles. The Bertz CT molecular complexity index is 985. The summed E-state index contributed by atoms with van der Waals surface area (Å²) < 4.78 is 5.23. The highest BCUT2D eigenvalue weighted by molar-refractivity contribution is 6.13. The molecule has 6 heteroatoms. The normalized spacial score (nSPS) is 9.53. The number of esters is 1. The first-order valence-corrected chi connectivity index (χ1v) is 9.11. The smallest absolute Gasteiger partial charge is 0.343 e. The summed E-state index contributed by atoms with van der Waals surface area (Å²) >= 11 is 0. The zero-order valence-electron chi connectivity index (χ0n) is 16.6. The number of carbonyl (C=O) groups is 4. The molecule has 0 radical (unpaired) electrons. The molecule has 0 spiro atoms. The molecule has 0 N–H and O–H groups in total. The Morgan fingerprint density at radius 2 is 1.23 bits per heavy atom. The molecule has 3 aromatic rings. The number of nitrogens with zero attached hydrogens (tertiary/aromatic N) is 1. The molecule has 0 unspecified atom stereocenters. The summed E-state index contributed by atoms with van der Waals surface area (Å²) in [6, 6.07) is 23.9. The first-order valence-electron chi connectivity index (χ1n) is 9.11. The van der Waals surface area contributed by atoms with Crippen LogP contribution in [0.2, 0.25) is 0 Å². The van der Waals surface area contributed by atoms with Crippen molar-refractivity contribution in [3.05, 3.63) is 96.1 Å². The van der Waals surface area contributed by atoms with Crippen LogP contribution in [-0.2, 0) is 9.59 Å². The minimum atomic E-state index is -0.469. The third-order valence-corrected chi connectivity index (χ3v) is 3.88. The second kappa shape index (κ2) is 11.1. The van der Waals surface area contributed by atoms with Gasteiger partial charge in [-0.15, -0.1) is 0 Å². The summed E-state index contributed by atoms with van der Waals surface area (Å²) in [4.78, 5) is 45.9. The SMILES string of the molecule is CC(=O)N(C(C)=O)c1ccc(OC(=O)c2ccccc2)cc1.O=Cc1ccccc1. The van der Waals surface area contributed by atoms with E-state index in [2.05, 4.69) is 0 Å². The van der Waals surface area contributed by atoms with Crippen molar-refractivity contribution in [2.75, 3.05) is 4.90 Å². The number of amides is 2. The van der Waals surface area contributed by atoms with Gasteiger partial charge in [-0.05, 0) is 36.4 Å². The third kappa shape index (κ3) is 6.53. The molecule has 0 heterocycles. The lowest BCUT2D eigenvalue weighted by Crippen LogP contribution is -2.32. The Labute approximate surface area is 174 Å². The molecule has 30 heavy (non-hydrogen) atoms. The van der Waals surface area contributed by atoms with E-state index in [-0.39, 0.29) is 11.8 Å². The number of hydrogen-bond donors (Lipinski definition) is 0. The highest BCUT2D eigenvalue weighted by atomic mass is 16.5. The van der Waals surface area contributed by atoms with Crippen LogP contribution in [0.25, 0.3) is 0 Å². The largest absolute Gasteiger partial charge is 0.423 e. The molecule has 0 aliphatic carbocycles. The van der Waals surface area contributed by atoms with E-state index in [4.69, 9.17) is 4.74 Å². The first-order chi connectivity index (χ1) is 14.4. The topological polar surface area (TPSA) is 80.8 Å². The van der Waals surface area contributed by atoms with Gasteiger partial charge in [0.15, 0.2) is 0 Å². The molecular formula is C24H21NO5. The highest BCUT2D eigenvalue weighted by Gasteiger charge is 2.16. The van der Waals surface area contributed by atoms with Gasteiger partial charge in [0.05, 0.1) is 11.3 Å². The van der Waals surface area contributed by atoms with Gasteiger partial charge in [0.25, 0.3) is 0 Å². The van der Waals surface area contributed by atoms with Crippen LogP contribution in [0.4, 0.5) is 5.69 Å². The van der Waals surface area contributed by atoms with Crippen LogP contribution in [0.15, 0.2) is 84.9 Å². The number of hydrogen-bond acceptors (Lipinski definition) is 5. The van der Waals surface area contributed by atoms with Crippen molar-refractivity contribution in [3.63, 3.8) is 0 Å². The Morgan fingerprint density at radius 3 is 1.67 bits per heavy atom. The van der Waals surface area contributed by atoms with Crippen LogP contribution in [0.5, 0.6) is 5.75 Å². The van der Waals surface area contributed by atoms with Crippen molar-refractivity contribution in [1.29, 1.82) is 0 Å². The van der Waals surface area contributed by atoms with Crippen molar-refractivity contribution in [2.24, 2.45) is 0 Å². The fourth-order valence-corrected chi connectivity index (χ4v) is 2.52. The van der Waals surface area contributed by atoms with Gasteiger partial charge in [-0.25, -0.2) is 4.79 Å². The lowest BCUT2D eigenvalue weighted by atomic mass is 10.2. The molecule has 0 atom stereocenters. The van der Waals surface area contributed by atoms with Crippen LogP contribution in [0.3, 0.4) is 0 Å². The molecule has 2 amide bonds. The van der Waals surface area contributed by atoms with Crippen LogP contribution >= 0.6 is 0 Å². The van der Waals surface area contributed by atoms with Gasteiger partial charge in [0.1, 0.15) is 12.0 Å². The van der Waals surface area contributed by atoms with Crippen molar-refractivity contribution in [3.8, 4) is 5.75 Å². The van der Waals surface area contributed by atoms with Gasteiger partial charge in [0.2, 0.25) is 11.8 Å². The van der Waals surface area contributed by atoms with Crippen molar-refractivity contribution in [2.45, 2.75) is 13.8 Å². The molecule has 0 aliphatic heterocycles. The minimum Gasteiger partial charge on any atom is -0.423 e. The van der Waals surface area contributed by atoms with E-state index in [9.17, 15) is 19.2 Å². The summed E-state index contributed by atoms with van der Waals surface area (Å²) in [6.07, 6.45) is 0.833. The number of aldehydes is 1. The standard InChI is InChI=1S/C17H15NO4.C7H6O/c1-12(19)18(13(2)20)15-8-10-16(11-9-15)22-17(21)14-6-4-3-5-7-14;8-6-7-4-2-1-3-5-7/h3-11H,1-2H3;1-6H. The number of carbonyl (C=O) groups excluding carboxylic acids is 4. The summed E-state index contributed by atoms with van der Waals surface area (Å²) in [7, 11) is 0. The van der Waals surface area contributed by atoms with Gasteiger partial charge in [-0.2, -0.15) is 0 Å². The number of ether oxygens (including phenoxy) is 1. The average molecular weight is 403 g/mol. The van der Waals surface area contributed by atoms with Crippen LogP contribution in [-0.4, -0.2) is 24.1 Å². The second-order valence-corrected chi connectivity index (χ2v) is 6.15. The molecular weight excluding hydrogens is 382 g/mol. The Kier molecular flexibility index (Phi) is 8.20. The Balaban J connectivity index is 0.000000335. The fourth-order valence-electron chi connectivity index (χ4n) is 2.52. The number of imide groups is 1. The Hall–Kier alpha value is -4.06. The molecule has 0 fully saturated rings. The second-order valence-electron chi connectivity index (χ2n) is 6.15. The molecule has 0 saturated heterocycles. The van der Waals surface area contributed by atoms with Gasteiger partial charge in [0, 0.05) is 19.4 Å². The molecule has 6 nitrogen and oxygen atoms in total. The Morgan fingerprint density at radius 1 is 0.733 bits per heavy atom. The van der Waals surface area contributed by atoms with Gasteiger partial charge < -0.3 is 4.74 Å². The number of benzene rings is 3. The molecule has 3 rings (SSSR count). The van der Waals surface area contributed by atoms with E-state index in [1.165, 1.54) is 26.0 Å². The monoisotopic (exact) mass is 403 g/mol. The molecule has 0 saturated carbocycles. The van der Waals surface area contributed by atoms with E-state index in [0.29, 0.717) is 17.0 Å². The van der Waals surface area contributed by atoms with E-state index in [0.717, 1.165) is 16.7 Å². The van der Waals surface area contributed by atoms with E-state index >= 15 is 0 Å². The first kappa shape index (κ1) is 22.2. The van der Waals surface area contributed by atoms with Crippen molar-refractivity contribution in [1.82, 2.24) is 0 Å². The predicted octanol–water partition coefficient (Wildman–Crippen LogP) is 4.30. The summed E-state index contributed by atoms with van der Waals surface area (Å²) in [5.74, 6) is -0.879. The van der Waals surface area contributed by atoms with Crippen LogP contribution in [0.1, 0.15) is 34.6 Å². The van der Waals surface area contributed by atoms with E-state index in [1.54, 1.807) is 48.5 Å². The molecule has 0 aliphatic rings. The van der Waals surface area contributed by atoms with Crippen LogP contribution in [0, 0.1) is 0 Å². The van der Waals surface area contributed by atoms with Gasteiger partial charge in [-0.1, -0.05) is 48.5 Å². The van der Waals surface area contributed by atoms with E-state index < -0.39 is 5.97 Å². The lowest BCUT2D eigenvalue weighted by molar-refractivity contribution is -0.124. The molecule has 0 aromatic heterocycles. The maximum Gasteiger partial charge on any atom is 0.343 e. The average Bonchev–Trinajstić information content (AvgIpc) is 2.76. The van der Waals surface area contributed by atoms with Crippen molar-refractivity contribution >= 4 is 29.8 Å². The fraction of sp³-hybridized carbons (Fsp3) is 0.0833.